The van der Waals surface area contributed by atoms with Gasteiger partial charge in [0.25, 0.3) is 0 Å². The van der Waals surface area contributed by atoms with Crippen LogP contribution in [0.3, 0.4) is 0 Å². The van der Waals surface area contributed by atoms with Crippen LogP contribution in [0, 0.1) is 0 Å². The van der Waals surface area contributed by atoms with E-state index in [-0.39, 0.29) is 24.0 Å². The van der Waals surface area contributed by atoms with Gasteiger partial charge in [0.15, 0.2) is 5.96 Å². The van der Waals surface area contributed by atoms with E-state index in [1.165, 1.54) is 19.4 Å². The van der Waals surface area contributed by atoms with Crippen molar-refractivity contribution in [3.8, 4) is 0 Å². The number of likely N-dealkylation sites (N-methyl/N-ethyl adjacent to an activating group) is 1. The molecule has 1 unspecified atom stereocenters. The normalized spacial score (nSPS) is 19.4. The molecule has 0 bridgehead atoms. The van der Waals surface area contributed by atoms with Crippen LogP contribution in [0.2, 0.25) is 0 Å². The van der Waals surface area contributed by atoms with Gasteiger partial charge in [-0.3, -0.25) is 14.6 Å². The van der Waals surface area contributed by atoms with Gasteiger partial charge in [0, 0.05) is 26.7 Å². The summed E-state index contributed by atoms with van der Waals surface area (Å²) >= 11 is 0. The molecule has 21 heavy (non-hydrogen) atoms. The Morgan fingerprint density at radius 1 is 1.48 bits per heavy atom. The number of likely N-dealkylation sites (tertiary alicyclic amines) is 1. The number of guanidine groups is 1. The molecule has 1 aliphatic rings. The SMILES string of the molecule is CCN1CCCC1CNC(=NC)NCc1ncnn1C.I. The van der Waals surface area contributed by atoms with E-state index in [0.717, 1.165) is 24.9 Å². The fourth-order valence-electron chi connectivity index (χ4n) is 2.62. The molecule has 7 nitrogen and oxygen atoms in total. The summed E-state index contributed by atoms with van der Waals surface area (Å²) in [5, 5.41) is 10.7. The van der Waals surface area contributed by atoms with Crippen LogP contribution in [0.4, 0.5) is 0 Å². The van der Waals surface area contributed by atoms with Gasteiger partial charge in [0.1, 0.15) is 12.2 Å². The molecule has 8 heteroatoms. The van der Waals surface area contributed by atoms with Crippen molar-refractivity contribution in [2.75, 3.05) is 26.7 Å². The highest BCUT2D eigenvalue weighted by molar-refractivity contribution is 14.0. The summed E-state index contributed by atoms with van der Waals surface area (Å²) in [4.78, 5) is 10.9. The van der Waals surface area contributed by atoms with E-state index in [4.69, 9.17) is 0 Å². The van der Waals surface area contributed by atoms with Crippen LogP contribution in [-0.4, -0.2) is 58.3 Å². The maximum atomic E-state index is 4.25. The molecule has 1 aromatic rings. The second-order valence-electron chi connectivity index (χ2n) is 5.03. The highest BCUT2D eigenvalue weighted by Crippen LogP contribution is 2.15. The maximum Gasteiger partial charge on any atom is 0.191 e. The standard InChI is InChI=1S/C13H25N7.HI/c1-4-20-7-5-6-11(20)8-15-13(14-2)16-9-12-17-10-18-19(12)3;/h10-11H,4-9H2,1-3H3,(H2,14,15,16);1H. The quantitative estimate of drug-likeness (QED) is 0.425. The first kappa shape index (κ1) is 18.1. The van der Waals surface area contributed by atoms with E-state index in [1.54, 1.807) is 18.1 Å². The van der Waals surface area contributed by atoms with Crippen molar-refractivity contribution in [3.05, 3.63) is 12.2 Å². The lowest BCUT2D eigenvalue weighted by Crippen LogP contribution is -2.44. The van der Waals surface area contributed by atoms with Gasteiger partial charge in [-0.25, -0.2) is 4.98 Å². The summed E-state index contributed by atoms with van der Waals surface area (Å²) in [6.45, 7) is 6.12. The van der Waals surface area contributed by atoms with Gasteiger partial charge in [-0.2, -0.15) is 5.10 Å². The van der Waals surface area contributed by atoms with Crippen molar-refractivity contribution in [1.82, 2.24) is 30.3 Å². The van der Waals surface area contributed by atoms with Gasteiger partial charge in [-0.15, -0.1) is 24.0 Å². The van der Waals surface area contributed by atoms with Crippen molar-refractivity contribution in [1.29, 1.82) is 0 Å². The van der Waals surface area contributed by atoms with Gasteiger partial charge >= 0.3 is 0 Å². The number of nitrogens with zero attached hydrogens (tertiary/aromatic N) is 5. The second-order valence-corrected chi connectivity index (χ2v) is 5.03. The van der Waals surface area contributed by atoms with Gasteiger partial charge in [-0.05, 0) is 25.9 Å². The van der Waals surface area contributed by atoms with E-state index >= 15 is 0 Å². The van der Waals surface area contributed by atoms with E-state index in [2.05, 4.69) is 37.5 Å². The van der Waals surface area contributed by atoms with E-state index in [0.29, 0.717) is 12.6 Å². The number of aliphatic imine (C=N–C) groups is 1. The summed E-state index contributed by atoms with van der Waals surface area (Å²) in [6, 6.07) is 0.619. The van der Waals surface area contributed by atoms with Crippen LogP contribution >= 0.6 is 24.0 Å². The molecule has 0 saturated carbocycles. The topological polar surface area (TPSA) is 70.4 Å². The maximum absolute atomic E-state index is 4.25. The van der Waals surface area contributed by atoms with E-state index in [9.17, 15) is 0 Å². The molecule has 0 radical (unpaired) electrons. The van der Waals surface area contributed by atoms with Crippen LogP contribution in [0.1, 0.15) is 25.6 Å². The Hall–Kier alpha value is -0.900. The minimum Gasteiger partial charge on any atom is -0.355 e. The van der Waals surface area contributed by atoms with Crippen molar-refractivity contribution >= 4 is 29.9 Å². The van der Waals surface area contributed by atoms with Crippen LogP contribution < -0.4 is 10.6 Å². The van der Waals surface area contributed by atoms with E-state index < -0.39 is 0 Å². The second kappa shape index (κ2) is 9.19. The lowest BCUT2D eigenvalue weighted by atomic mass is 10.2. The highest BCUT2D eigenvalue weighted by Gasteiger charge is 2.22. The molecule has 1 fully saturated rings. The van der Waals surface area contributed by atoms with Crippen molar-refractivity contribution in [2.24, 2.45) is 12.0 Å². The summed E-state index contributed by atoms with van der Waals surface area (Å²) in [5.41, 5.74) is 0. The highest BCUT2D eigenvalue weighted by atomic mass is 127. The van der Waals surface area contributed by atoms with Crippen LogP contribution in [0.25, 0.3) is 0 Å². The third kappa shape index (κ3) is 5.10. The van der Waals surface area contributed by atoms with Crippen molar-refractivity contribution < 1.29 is 0 Å². The zero-order valence-corrected chi connectivity index (χ0v) is 15.4. The fraction of sp³-hybridized carbons (Fsp3) is 0.769. The Balaban J connectivity index is 0.00000220. The molecule has 1 atom stereocenters. The molecule has 2 N–H and O–H groups in total. The number of aryl methyl sites for hydroxylation is 1. The number of halogens is 1. The molecule has 0 aliphatic carbocycles. The predicted octanol–water partition coefficient (Wildman–Crippen LogP) is 0.582. The minimum absolute atomic E-state index is 0. The van der Waals surface area contributed by atoms with Crippen molar-refractivity contribution in [2.45, 2.75) is 32.4 Å². The summed E-state index contributed by atoms with van der Waals surface area (Å²) in [7, 11) is 3.68. The Morgan fingerprint density at radius 3 is 2.90 bits per heavy atom. The molecule has 0 amide bonds. The Kier molecular flexibility index (Phi) is 7.94. The monoisotopic (exact) mass is 407 g/mol. The molecular weight excluding hydrogens is 381 g/mol. The molecule has 120 valence electrons. The Morgan fingerprint density at radius 2 is 2.29 bits per heavy atom. The average Bonchev–Trinajstić information content (AvgIpc) is 3.08. The fourth-order valence-corrected chi connectivity index (χ4v) is 2.62. The molecule has 1 aliphatic heterocycles. The van der Waals surface area contributed by atoms with E-state index in [1.807, 2.05) is 7.05 Å². The smallest absolute Gasteiger partial charge is 0.191 e. The summed E-state index contributed by atoms with van der Waals surface area (Å²) in [6.07, 6.45) is 4.12. The zero-order valence-electron chi connectivity index (χ0n) is 13.0. The number of rotatable bonds is 5. The molecule has 1 saturated heterocycles. The van der Waals surface area contributed by atoms with Gasteiger partial charge in [0.05, 0.1) is 6.54 Å². The molecule has 1 aromatic heterocycles. The lowest BCUT2D eigenvalue weighted by Gasteiger charge is -2.23. The Labute approximate surface area is 143 Å². The van der Waals surface area contributed by atoms with Crippen molar-refractivity contribution in [3.63, 3.8) is 0 Å². The third-order valence-electron chi connectivity index (χ3n) is 3.85. The first-order valence-corrected chi connectivity index (χ1v) is 7.26. The number of nitrogens with one attached hydrogen (secondary N) is 2. The predicted molar refractivity (Wildman–Crippen MR) is 94.9 cm³/mol. The van der Waals surface area contributed by atoms with Crippen LogP contribution in [0.5, 0.6) is 0 Å². The Bertz CT molecular complexity index is 445. The first-order chi connectivity index (χ1) is 9.74. The van der Waals surface area contributed by atoms with Gasteiger partial charge < -0.3 is 10.6 Å². The molecule has 0 aromatic carbocycles. The van der Waals surface area contributed by atoms with Crippen LogP contribution in [-0.2, 0) is 13.6 Å². The minimum atomic E-state index is 0. The number of hydrogen-bond acceptors (Lipinski definition) is 4. The van der Waals surface area contributed by atoms with Gasteiger partial charge in [-0.1, -0.05) is 6.92 Å². The first-order valence-electron chi connectivity index (χ1n) is 7.26. The number of aromatic nitrogens is 3. The lowest BCUT2D eigenvalue weighted by molar-refractivity contribution is 0.267. The zero-order chi connectivity index (χ0) is 14.4. The summed E-state index contributed by atoms with van der Waals surface area (Å²) < 4.78 is 1.76. The molecule has 0 spiro atoms. The average molecular weight is 407 g/mol. The number of hydrogen-bond donors (Lipinski definition) is 2. The molecule has 2 heterocycles. The third-order valence-corrected chi connectivity index (χ3v) is 3.85. The molecule has 2 rings (SSSR count). The summed E-state index contributed by atoms with van der Waals surface area (Å²) in [5.74, 6) is 1.71. The van der Waals surface area contributed by atoms with Crippen LogP contribution in [0.15, 0.2) is 11.3 Å². The molecular formula is C13H26IN7. The van der Waals surface area contributed by atoms with Gasteiger partial charge in [0.2, 0.25) is 0 Å². The largest absolute Gasteiger partial charge is 0.355 e.